The Balaban J connectivity index is 1.84. The minimum atomic E-state index is -4.43. The van der Waals surface area contributed by atoms with Crippen molar-refractivity contribution in [3.63, 3.8) is 0 Å². The van der Waals surface area contributed by atoms with Gasteiger partial charge >= 0.3 is 12.3 Å². The molecule has 132 valence electrons. The van der Waals surface area contributed by atoms with Crippen LogP contribution in [0.4, 0.5) is 23.8 Å². The largest absolute Gasteiger partial charge is 0.464 e. The molecule has 2 N–H and O–H groups in total. The van der Waals surface area contributed by atoms with Crippen molar-refractivity contribution in [3.8, 4) is 0 Å². The van der Waals surface area contributed by atoms with Gasteiger partial charge in [-0.2, -0.15) is 18.7 Å². The number of nitrogens with zero attached hydrogens (tertiary/aromatic N) is 3. The predicted molar refractivity (Wildman–Crippen MR) is 75.1 cm³/mol. The number of anilines is 1. The zero-order valence-corrected chi connectivity index (χ0v) is 12.4. The molecule has 0 unspecified atom stereocenters. The second-order valence-electron chi connectivity index (χ2n) is 4.97. The number of halogens is 3. The summed E-state index contributed by atoms with van der Waals surface area (Å²) in [5.41, 5.74) is 0.808. The number of rotatable bonds is 4. The van der Waals surface area contributed by atoms with Gasteiger partial charge in [-0.3, -0.25) is 9.63 Å². The Morgan fingerprint density at radius 3 is 2.42 bits per heavy atom. The third-order valence-corrected chi connectivity index (χ3v) is 3.39. The van der Waals surface area contributed by atoms with Gasteiger partial charge < -0.3 is 14.9 Å². The fourth-order valence-corrected chi connectivity index (χ4v) is 2.18. The number of aromatic nitrogens is 1. The molecule has 2 rings (SSSR count). The first-order valence-corrected chi connectivity index (χ1v) is 6.94. The highest BCUT2D eigenvalue weighted by Gasteiger charge is 2.31. The zero-order valence-electron chi connectivity index (χ0n) is 12.4. The SMILES string of the molecule is O=C(O)NOCC(=O)N1CCN(c2ccc(C(F)(F)F)cn2)CC1. The van der Waals surface area contributed by atoms with Crippen molar-refractivity contribution in [2.75, 3.05) is 37.7 Å². The van der Waals surface area contributed by atoms with Crippen LogP contribution in [0.2, 0.25) is 0 Å². The summed E-state index contributed by atoms with van der Waals surface area (Å²) in [6, 6.07) is 2.26. The van der Waals surface area contributed by atoms with E-state index in [1.165, 1.54) is 11.0 Å². The number of alkyl halides is 3. The first-order chi connectivity index (χ1) is 11.3. The van der Waals surface area contributed by atoms with Crippen LogP contribution in [-0.2, 0) is 15.8 Å². The summed E-state index contributed by atoms with van der Waals surface area (Å²) in [4.78, 5) is 33.5. The van der Waals surface area contributed by atoms with Crippen LogP contribution in [0.15, 0.2) is 18.3 Å². The fraction of sp³-hybridized carbons (Fsp3) is 0.462. The molecule has 0 aromatic carbocycles. The maximum absolute atomic E-state index is 12.5. The lowest BCUT2D eigenvalue weighted by Crippen LogP contribution is -2.50. The van der Waals surface area contributed by atoms with Crippen LogP contribution in [0, 0.1) is 0 Å². The van der Waals surface area contributed by atoms with Gasteiger partial charge in [-0.15, -0.1) is 0 Å². The number of carboxylic acid groups (broad SMARTS) is 1. The number of carbonyl (C=O) groups excluding carboxylic acids is 1. The van der Waals surface area contributed by atoms with Gasteiger partial charge in [0.25, 0.3) is 5.91 Å². The highest BCUT2D eigenvalue weighted by molar-refractivity contribution is 5.78. The molecule has 1 aromatic heterocycles. The molecule has 0 atom stereocenters. The third kappa shape index (κ3) is 4.72. The normalized spacial score (nSPS) is 15.3. The number of piperazine rings is 1. The Labute approximate surface area is 134 Å². The van der Waals surface area contributed by atoms with Crippen molar-refractivity contribution in [2.45, 2.75) is 6.18 Å². The van der Waals surface area contributed by atoms with Gasteiger partial charge in [0.1, 0.15) is 5.82 Å². The quantitative estimate of drug-likeness (QED) is 0.787. The summed E-state index contributed by atoms with van der Waals surface area (Å²) in [5, 5.41) is 8.32. The summed E-state index contributed by atoms with van der Waals surface area (Å²) >= 11 is 0. The number of hydroxylamine groups is 1. The maximum atomic E-state index is 12.5. The third-order valence-electron chi connectivity index (χ3n) is 3.39. The van der Waals surface area contributed by atoms with E-state index in [4.69, 9.17) is 5.11 Å². The summed E-state index contributed by atoms with van der Waals surface area (Å²) in [6.07, 6.45) is -5.06. The molecule has 0 spiro atoms. The lowest BCUT2D eigenvalue weighted by atomic mass is 10.2. The Hall–Kier alpha value is -2.56. The van der Waals surface area contributed by atoms with Crippen molar-refractivity contribution in [1.29, 1.82) is 0 Å². The molecule has 0 bridgehead atoms. The Morgan fingerprint density at radius 2 is 1.92 bits per heavy atom. The van der Waals surface area contributed by atoms with Gasteiger partial charge in [0.2, 0.25) is 0 Å². The van der Waals surface area contributed by atoms with Crippen molar-refractivity contribution in [1.82, 2.24) is 15.4 Å². The summed E-state index contributed by atoms with van der Waals surface area (Å²) in [5.74, 6) is 0.0164. The summed E-state index contributed by atoms with van der Waals surface area (Å²) in [6.45, 7) is 1.04. The Bertz CT molecular complexity index is 586. The molecule has 1 aromatic rings. The van der Waals surface area contributed by atoms with Crippen LogP contribution in [0.5, 0.6) is 0 Å². The van der Waals surface area contributed by atoms with E-state index >= 15 is 0 Å². The maximum Gasteiger partial charge on any atom is 0.428 e. The first kappa shape index (κ1) is 17.8. The minimum Gasteiger partial charge on any atom is -0.464 e. The topological polar surface area (TPSA) is 95.0 Å². The van der Waals surface area contributed by atoms with Crippen molar-refractivity contribution in [2.24, 2.45) is 0 Å². The van der Waals surface area contributed by atoms with E-state index in [9.17, 15) is 22.8 Å². The second-order valence-corrected chi connectivity index (χ2v) is 4.97. The number of amides is 2. The number of nitrogens with one attached hydrogen (secondary N) is 1. The number of pyridine rings is 1. The molecule has 1 fully saturated rings. The summed E-state index contributed by atoms with van der Waals surface area (Å²) in [7, 11) is 0. The van der Waals surface area contributed by atoms with Gasteiger partial charge in [-0.25, -0.2) is 9.78 Å². The van der Waals surface area contributed by atoms with Gasteiger partial charge in [0, 0.05) is 32.4 Å². The van der Waals surface area contributed by atoms with E-state index in [0.29, 0.717) is 32.0 Å². The number of carbonyl (C=O) groups is 2. The smallest absolute Gasteiger partial charge is 0.428 e. The van der Waals surface area contributed by atoms with E-state index < -0.39 is 24.4 Å². The standard InChI is InChI=1S/C13H15F3N4O4/c14-13(15,16)9-1-2-10(17-7-9)19-3-5-20(6-4-19)11(21)8-24-18-12(22)23/h1-2,7,18H,3-6,8H2,(H,22,23). The number of hydrogen-bond acceptors (Lipinski definition) is 5. The Kier molecular flexibility index (Phi) is 5.44. The minimum absolute atomic E-state index is 0.331. The van der Waals surface area contributed by atoms with Crippen LogP contribution >= 0.6 is 0 Å². The molecule has 1 saturated heterocycles. The highest BCUT2D eigenvalue weighted by Crippen LogP contribution is 2.29. The second kappa shape index (κ2) is 7.34. The van der Waals surface area contributed by atoms with Crippen LogP contribution < -0.4 is 10.4 Å². The summed E-state index contributed by atoms with van der Waals surface area (Å²) < 4.78 is 37.5. The molecule has 0 radical (unpaired) electrons. The Morgan fingerprint density at radius 1 is 1.25 bits per heavy atom. The molecule has 1 aliphatic heterocycles. The van der Waals surface area contributed by atoms with Crippen LogP contribution in [0.3, 0.4) is 0 Å². The van der Waals surface area contributed by atoms with E-state index in [1.54, 1.807) is 10.4 Å². The molecule has 11 heteroatoms. The molecule has 2 amide bonds. The van der Waals surface area contributed by atoms with Crippen LogP contribution in [-0.4, -0.2) is 59.8 Å². The average Bonchev–Trinajstić information content (AvgIpc) is 2.54. The van der Waals surface area contributed by atoms with Crippen molar-refractivity contribution in [3.05, 3.63) is 23.9 Å². The van der Waals surface area contributed by atoms with Crippen LogP contribution in [0.1, 0.15) is 5.56 Å². The molecule has 2 heterocycles. The van der Waals surface area contributed by atoms with E-state index in [1.807, 2.05) is 0 Å². The molecule has 0 saturated carbocycles. The van der Waals surface area contributed by atoms with E-state index in [2.05, 4.69) is 9.82 Å². The first-order valence-electron chi connectivity index (χ1n) is 6.94. The lowest BCUT2D eigenvalue weighted by molar-refractivity contribution is -0.139. The average molecular weight is 348 g/mol. The van der Waals surface area contributed by atoms with E-state index in [0.717, 1.165) is 12.3 Å². The highest BCUT2D eigenvalue weighted by atomic mass is 19.4. The number of hydrogen-bond donors (Lipinski definition) is 2. The molecule has 0 aliphatic carbocycles. The fourth-order valence-electron chi connectivity index (χ4n) is 2.18. The monoisotopic (exact) mass is 348 g/mol. The lowest BCUT2D eigenvalue weighted by Gasteiger charge is -2.35. The zero-order chi connectivity index (χ0) is 17.7. The van der Waals surface area contributed by atoms with Crippen molar-refractivity contribution >= 4 is 17.8 Å². The van der Waals surface area contributed by atoms with Crippen molar-refractivity contribution < 1.29 is 32.7 Å². The van der Waals surface area contributed by atoms with Gasteiger partial charge in [-0.1, -0.05) is 0 Å². The van der Waals surface area contributed by atoms with Gasteiger partial charge in [-0.05, 0) is 12.1 Å². The van der Waals surface area contributed by atoms with Crippen LogP contribution in [0.25, 0.3) is 0 Å². The van der Waals surface area contributed by atoms with Gasteiger partial charge in [0.15, 0.2) is 6.61 Å². The molecule has 24 heavy (non-hydrogen) atoms. The molecular formula is C13H15F3N4O4. The van der Waals surface area contributed by atoms with Gasteiger partial charge in [0.05, 0.1) is 5.56 Å². The van der Waals surface area contributed by atoms with E-state index in [-0.39, 0.29) is 5.91 Å². The molecular weight excluding hydrogens is 333 g/mol. The predicted octanol–water partition coefficient (Wildman–Crippen LogP) is 0.948. The molecule has 8 nitrogen and oxygen atoms in total. The molecule has 1 aliphatic rings.